The Morgan fingerprint density at radius 2 is 2.03 bits per heavy atom. The fourth-order valence-corrected chi connectivity index (χ4v) is 3.05. The number of aliphatic imine (C=N–C) groups is 1. The standard InChI is InChI=1S/C20H19F3N4O3/c1-11-8-19(2,27-18(24)29-11)13-6-12(4-5-14(13)21)7-16(28)15-9-26-17(10-25-15)30-20(3,22)23/h4-6,8-10H,7H2,1-3H3,(H2,24,27)/t19-/m0/s1. The Morgan fingerprint density at radius 1 is 1.30 bits per heavy atom. The molecule has 10 heteroatoms. The molecule has 0 saturated heterocycles. The molecule has 1 aromatic carbocycles. The number of nitrogens with zero attached hydrogens (tertiary/aromatic N) is 3. The largest absolute Gasteiger partial charge is 0.431 e. The first kappa shape index (κ1) is 21.3. The quantitative estimate of drug-likeness (QED) is 0.718. The van der Waals surface area contributed by atoms with E-state index in [0.29, 0.717) is 18.2 Å². The molecule has 1 aromatic heterocycles. The van der Waals surface area contributed by atoms with Crippen molar-refractivity contribution in [2.45, 2.75) is 38.8 Å². The lowest BCUT2D eigenvalue weighted by Crippen LogP contribution is -2.30. The molecule has 2 heterocycles. The number of nitrogens with two attached hydrogens (primary N) is 1. The van der Waals surface area contributed by atoms with Crippen LogP contribution < -0.4 is 10.5 Å². The van der Waals surface area contributed by atoms with E-state index in [-0.39, 0.29) is 23.7 Å². The van der Waals surface area contributed by atoms with Crippen LogP contribution in [0, 0.1) is 5.82 Å². The molecular formula is C20H19F3N4O3. The summed E-state index contributed by atoms with van der Waals surface area (Å²) in [5.74, 6) is -0.881. The molecule has 0 spiro atoms. The lowest BCUT2D eigenvalue weighted by Gasteiger charge is -2.27. The van der Waals surface area contributed by atoms with Gasteiger partial charge in [0.05, 0.1) is 12.4 Å². The van der Waals surface area contributed by atoms with Gasteiger partial charge in [-0.2, -0.15) is 8.78 Å². The minimum atomic E-state index is -3.41. The van der Waals surface area contributed by atoms with Crippen molar-refractivity contribution in [3.8, 4) is 5.88 Å². The van der Waals surface area contributed by atoms with E-state index < -0.39 is 29.1 Å². The summed E-state index contributed by atoms with van der Waals surface area (Å²) in [6.45, 7) is 3.91. The zero-order valence-corrected chi connectivity index (χ0v) is 16.4. The number of allylic oxidation sites excluding steroid dienone is 1. The highest BCUT2D eigenvalue weighted by Crippen LogP contribution is 2.34. The highest BCUT2D eigenvalue weighted by molar-refractivity contribution is 5.95. The van der Waals surface area contributed by atoms with Crippen LogP contribution in [0.25, 0.3) is 0 Å². The minimum Gasteiger partial charge on any atom is -0.431 e. The summed E-state index contributed by atoms with van der Waals surface area (Å²) < 4.78 is 49.7. The van der Waals surface area contributed by atoms with E-state index in [4.69, 9.17) is 10.5 Å². The number of carbonyl (C=O) groups is 1. The molecule has 1 atom stereocenters. The number of rotatable bonds is 6. The number of hydrogen-bond acceptors (Lipinski definition) is 7. The normalized spacial score (nSPS) is 18.9. The van der Waals surface area contributed by atoms with Gasteiger partial charge in [0.15, 0.2) is 5.78 Å². The highest BCUT2D eigenvalue weighted by atomic mass is 19.3. The van der Waals surface area contributed by atoms with Gasteiger partial charge in [-0.25, -0.2) is 19.4 Å². The van der Waals surface area contributed by atoms with Gasteiger partial charge in [0, 0.05) is 18.9 Å². The van der Waals surface area contributed by atoms with E-state index in [1.807, 2.05) is 0 Å². The molecule has 2 aromatic rings. The zero-order chi connectivity index (χ0) is 22.1. The van der Waals surface area contributed by atoms with Crippen LogP contribution in [0.1, 0.15) is 42.4 Å². The minimum absolute atomic E-state index is 0.0390. The first-order chi connectivity index (χ1) is 13.9. The first-order valence-electron chi connectivity index (χ1n) is 8.89. The molecule has 3 rings (SSSR count). The smallest absolute Gasteiger partial charge is 0.396 e. The van der Waals surface area contributed by atoms with E-state index in [1.54, 1.807) is 19.9 Å². The van der Waals surface area contributed by atoms with E-state index in [9.17, 15) is 18.0 Å². The summed E-state index contributed by atoms with van der Waals surface area (Å²) in [5, 5.41) is 0. The van der Waals surface area contributed by atoms with Gasteiger partial charge in [-0.05, 0) is 37.6 Å². The molecule has 30 heavy (non-hydrogen) atoms. The van der Waals surface area contributed by atoms with Crippen LogP contribution in [0.5, 0.6) is 5.88 Å². The lowest BCUT2D eigenvalue weighted by atomic mass is 9.89. The average molecular weight is 420 g/mol. The summed E-state index contributed by atoms with van der Waals surface area (Å²) in [4.78, 5) is 24.2. The molecule has 0 amide bonds. The van der Waals surface area contributed by atoms with Crippen molar-refractivity contribution in [1.82, 2.24) is 9.97 Å². The second-order valence-electron chi connectivity index (χ2n) is 7.02. The number of carbonyl (C=O) groups excluding carboxylic acids is 1. The van der Waals surface area contributed by atoms with Crippen molar-refractivity contribution in [2.75, 3.05) is 0 Å². The summed E-state index contributed by atoms with van der Waals surface area (Å²) in [5.41, 5.74) is 5.26. The number of amidine groups is 1. The van der Waals surface area contributed by atoms with Crippen LogP contribution in [-0.4, -0.2) is 27.9 Å². The van der Waals surface area contributed by atoms with Gasteiger partial charge in [0.1, 0.15) is 22.8 Å². The molecule has 0 bridgehead atoms. The number of hydrogen-bond donors (Lipinski definition) is 1. The van der Waals surface area contributed by atoms with Crippen molar-refractivity contribution >= 4 is 11.8 Å². The molecule has 2 N–H and O–H groups in total. The Bertz CT molecular complexity index is 1010. The third-order valence-electron chi connectivity index (χ3n) is 4.23. The summed E-state index contributed by atoms with van der Waals surface area (Å²) in [7, 11) is 0. The van der Waals surface area contributed by atoms with Crippen LogP contribution in [0.15, 0.2) is 47.4 Å². The lowest BCUT2D eigenvalue weighted by molar-refractivity contribution is -0.161. The van der Waals surface area contributed by atoms with Gasteiger partial charge >= 0.3 is 6.11 Å². The SMILES string of the molecule is CC1=C[C@@](C)(c2cc(CC(=O)c3cnc(OC(C)(F)F)cn3)ccc2F)N=C(N)O1. The number of benzene rings is 1. The summed E-state index contributed by atoms with van der Waals surface area (Å²) in [6, 6.07) is 4.13. The van der Waals surface area contributed by atoms with Crippen LogP contribution in [0.4, 0.5) is 13.2 Å². The molecule has 1 aliphatic heterocycles. The predicted octanol–water partition coefficient (Wildman–Crippen LogP) is 3.50. The van der Waals surface area contributed by atoms with Gasteiger partial charge in [-0.3, -0.25) is 4.79 Å². The number of ether oxygens (including phenoxy) is 2. The van der Waals surface area contributed by atoms with Crippen LogP contribution in [-0.2, 0) is 16.7 Å². The molecule has 0 fully saturated rings. The fraction of sp³-hybridized carbons (Fsp3) is 0.300. The molecule has 0 unspecified atom stereocenters. The van der Waals surface area contributed by atoms with Gasteiger partial charge < -0.3 is 15.2 Å². The molecule has 0 radical (unpaired) electrons. The molecule has 0 aliphatic carbocycles. The Balaban J connectivity index is 1.82. The fourth-order valence-electron chi connectivity index (χ4n) is 3.05. The molecule has 7 nitrogen and oxygen atoms in total. The molecule has 0 saturated carbocycles. The number of aromatic nitrogens is 2. The topological polar surface area (TPSA) is 99.7 Å². The monoisotopic (exact) mass is 420 g/mol. The third kappa shape index (κ3) is 4.94. The maximum Gasteiger partial charge on any atom is 0.396 e. The Labute approximate surface area is 170 Å². The number of alkyl halides is 2. The van der Waals surface area contributed by atoms with Gasteiger partial charge in [-0.1, -0.05) is 6.07 Å². The van der Waals surface area contributed by atoms with Crippen molar-refractivity contribution in [2.24, 2.45) is 10.7 Å². The second-order valence-corrected chi connectivity index (χ2v) is 7.02. The zero-order valence-electron chi connectivity index (χ0n) is 16.4. The van der Waals surface area contributed by atoms with Crippen molar-refractivity contribution in [3.63, 3.8) is 0 Å². The molecule has 1 aliphatic rings. The second kappa shape index (κ2) is 7.77. The van der Waals surface area contributed by atoms with Crippen molar-refractivity contribution < 1.29 is 27.4 Å². The first-order valence-corrected chi connectivity index (χ1v) is 8.89. The van der Waals surface area contributed by atoms with Crippen LogP contribution in [0.3, 0.4) is 0 Å². The average Bonchev–Trinajstić information content (AvgIpc) is 2.61. The van der Waals surface area contributed by atoms with E-state index >= 15 is 0 Å². The van der Waals surface area contributed by atoms with E-state index in [0.717, 1.165) is 12.4 Å². The van der Waals surface area contributed by atoms with Gasteiger partial charge in [0.25, 0.3) is 6.02 Å². The molecule has 158 valence electrons. The van der Waals surface area contributed by atoms with Crippen molar-refractivity contribution in [3.05, 3.63) is 65.1 Å². The van der Waals surface area contributed by atoms with E-state index in [1.165, 1.54) is 18.2 Å². The number of ketones is 1. The van der Waals surface area contributed by atoms with Crippen molar-refractivity contribution in [1.29, 1.82) is 0 Å². The van der Waals surface area contributed by atoms with E-state index in [2.05, 4.69) is 19.7 Å². The molecular weight excluding hydrogens is 401 g/mol. The Morgan fingerprint density at radius 3 is 2.63 bits per heavy atom. The Hall–Kier alpha value is -3.43. The number of Topliss-reactive ketones (excluding diaryl/α,β-unsaturated/α-hetero) is 1. The maximum absolute atomic E-state index is 14.5. The predicted molar refractivity (Wildman–Crippen MR) is 102 cm³/mol. The summed E-state index contributed by atoms with van der Waals surface area (Å²) in [6.07, 6.45) is 0.0882. The van der Waals surface area contributed by atoms with Crippen LogP contribution in [0.2, 0.25) is 0 Å². The highest BCUT2D eigenvalue weighted by Gasteiger charge is 2.31. The number of halogens is 3. The van der Waals surface area contributed by atoms with Crippen LogP contribution >= 0.6 is 0 Å². The van der Waals surface area contributed by atoms with Gasteiger partial charge in [0.2, 0.25) is 5.88 Å². The summed E-state index contributed by atoms with van der Waals surface area (Å²) >= 11 is 0. The van der Waals surface area contributed by atoms with Gasteiger partial charge in [-0.15, -0.1) is 0 Å². The Kier molecular flexibility index (Phi) is 5.51. The maximum atomic E-state index is 14.5. The third-order valence-corrected chi connectivity index (χ3v) is 4.23.